The summed E-state index contributed by atoms with van der Waals surface area (Å²) in [4.78, 5) is 4.47. The second kappa shape index (κ2) is 8.08. The van der Waals surface area contributed by atoms with Crippen LogP contribution in [0.5, 0.6) is 0 Å². The molecule has 1 aromatic heterocycles. The van der Waals surface area contributed by atoms with Gasteiger partial charge in [-0.05, 0) is 41.5 Å². The Morgan fingerprint density at radius 1 is 0.577 bits per heavy atom. The zero-order valence-corrected chi connectivity index (χ0v) is 15.4. The molecule has 0 aliphatic rings. The average molecular weight is 353 g/mol. The molecule has 0 atom stereocenters. The number of benzene rings is 3. The van der Waals surface area contributed by atoms with Crippen LogP contribution in [-0.2, 0) is 6.42 Å². The van der Waals surface area contributed by atoms with E-state index in [1.54, 1.807) is 0 Å². The van der Waals surface area contributed by atoms with Crippen molar-refractivity contribution in [1.29, 1.82) is 0 Å². The zero-order valence-electron chi connectivity index (χ0n) is 14.5. The molecule has 0 aliphatic carbocycles. The minimum atomic E-state index is -0.557. The van der Waals surface area contributed by atoms with Crippen LogP contribution >= 0.6 is 7.92 Å². The van der Waals surface area contributed by atoms with Crippen molar-refractivity contribution in [3.8, 4) is 0 Å². The van der Waals surface area contributed by atoms with Crippen LogP contribution in [-0.4, -0.2) is 4.98 Å². The van der Waals surface area contributed by atoms with E-state index in [1.165, 1.54) is 21.5 Å². The molecular formula is C24H20NP. The predicted octanol–water partition coefficient (Wildman–Crippen LogP) is 4.43. The summed E-state index contributed by atoms with van der Waals surface area (Å²) in [6.45, 7) is 0. The van der Waals surface area contributed by atoms with Crippen LogP contribution in [0.4, 0.5) is 0 Å². The molecule has 0 amide bonds. The van der Waals surface area contributed by atoms with E-state index in [1.807, 2.05) is 18.3 Å². The van der Waals surface area contributed by atoms with Gasteiger partial charge >= 0.3 is 0 Å². The largest absolute Gasteiger partial charge is 0.261 e. The third-order valence-corrected chi connectivity index (χ3v) is 6.73. The molecule has 2 heteroatoms. The van der Waals surface area contributed by atoms with Gasteiger partial charge in [0.25, 0.3) is 0 Å². The topological polar surface area (TPSA) is 12.9 Å². The highest BCUT2D eigenvalue weighted by atomic mass is 31.1. The Kier molecular flexibility index (Phi) is 5.19. The van der Waals surface area contributed by atoms with Crippen molar-refractivity contribution in [2.24, 2.45) is 0 Å². The third-order valence-electron chi connectivity index (χ3n) is 4.31. The fraction of sp³-hybridized carbons (Fsp3) is 0.0417. The number of hydrogen-bond acceptors (Lipinski definition) is 1. The Labute approximate surface area is 156 Å². The van der Waals surface area contributed by atoms with Gasteiger partial charge in [0.1, 0.15) is 0 Å². The van der Waals surface area contributed by atoms with Gasteiger partial charge in [-0.3, -0.25) is 4.98 Å². The number of aromatic nitrogens is 1. The molecule has 0 radical (unpaired) electrons. The molecule has 0 spiro atoms. The van der Waals surface area contributed by atoms with Crippen molar-refractivity contribution in [3.63, 3.8) is 0 Å². The van der Waals surface area contributed by atoms with Gasteiger partial charge in [-0.25, -0.2) is 0 Å². The highest BCUT2D eigenvalue weighted by Crippen LogP contribution is 2.32. The second-order valence-corrected chi connectivity index (χ2v) is 8.39. The van der Waals surface area contributed by atoms with E-state index in [2.05, 4.69) is 96.0 Å². The molecule has 126 valence electrons. The fourth-order valence-electron chi connectivity index (χ4n) is 3.12. The normalized spacial score (nSPS) is 10.8. The molecular weight excluding hydrogens is 333 g/mol. The van der Waals surface area contributed by atoms with Gasteiger partial charge in [0.05, 0.1) is 0 Å². The SMILES string of the molecule is c1ccc(P(c2ccccc2)c2cccc(Cc3ccccn3)c2)cc1. The van der Waals surface area contributed by atoms with Crippen molar-refractivity contribution < 1.29 is 0 Å². The van der Waals surface area contributed by atoms with Crippen molar-refractivity contribution in [2.75, 3.05) is 0 Å². The van der Waals surface area contributed by atoms with Crippen molar-refractivity contribution >= 4 is 23.8 Å². The lowest BCUT2D eigenvalue weighted by Gasteiger charge is -2.20. The molecule has 1 heterocycles. The van der Waals surface area contributed by atoms with Crippen LogP contribution in [0.2, 0.25) is 0 Å². The molecule has 3 aromatic carbocycles. The number of hydrogen-bond donors (Lipinski definition) is 0. The van der Waals surface area contributed by atoms with E-state index in [9.17, 15) is 0 Å². The summed E-state index contributed by atoms with van der Waals surface area (Å²) in [5, 5.41) is 4.14. The molecule has 26 heavy (non-hydrogen) atoms. The molecule has 0 bridgehead atoms. The van der Waals surface area contributed by atoms with Crippen LogP contribution in [0.15, 0.2) is 109 Å². The Morgan fingerprint density at radius 3 is 1.81 bits per heavy atom. The van der Waals surface area contributed by atoms with Crippen LogP contribution in [0.1, 0.15) is 11.3 Å². The van der Waals surface area contributed by atoms with E-state index >= 15 is 0 Å². The van der Waals surface area contributed by atoms with Gasteiger partial charge < -0.3 is 0 Å². The Bertz CT molecular complexity index is 913. The standard InChI is InChI=1S/C24H20NP/c1-3-12-22(13-4-1)26(23-14-5-2-6-15-23)24-16-9-10-20(19-24)18-21-11-7-8-17-25-21/h1-17,19H,18H2. The zero-order chi connectivity index (χ0) is 17.6. The Balaban J connectivity index is 1.73. The highest BCUT2D eigenvalue weighted by Gasteiger charge is 2.16. The summed E-state index contributed by atoms with van der Waals surface area (Å²) < 4.78 is 0. The minimum Gasteiger partial charge on any atom is -0.261 e. The molecule has 0 unspecified atom stereocenters. The number of pyridine rings is 1. The molecule has 4 rings (SSSR count). The van der Waals surface area contributed by atoms with Crippen LogP contribution in [0.3, 0.4) is 0 Å². The summed E-state index contributed by atoms with van der Waals surface area (Å²) in [6.07, 6.45) is 2.72. The summed E-state index contributed by atoms with van der Waals surface area (Å²) in [5.41, 5.74) is 2.41. The van der Waals surface area contributed by atoms with Crippen molar-refractivity contribution in [2.45, 2.75) is 6.42 Å². The first-order valence-corrected chi connectivity index (χ1v) is 10.1. The minimum absolute atomic E-state index is 0.557. The maximum absolute atomic E-state index is 4.47. The first-order chi connectivity index (χ1) is 12.9. The molecule has 4 aromatic rings. The van der Waals surface area contributed by atoms with Gasteiger partial charge in [0, 0.05) is 18.3 Å². The molecule has 0 fully saturated rings. The predicted molar refractivity (Wildman–Crippen MR) is 112 cm³/mol. The summed E-state index contributed by atoms with van der Waals surface area (Å²) in [6, 6.07) is 36.7. The Morgan fingerprint density at radius 2 is 1.19 bits per heavy atom. The van der Waals surface area contributed by atoms with Gasteiger partial charge in [-0.1, -0.05) is 91.0 Å². The number of rotatable bonds is 5. The van der Waals surface area contributed by atoms with Gasteiger partial charge in [-0.2, -0.15) is 0 Å². The monoisotopic (exact) mass is 353 g/mol. The molecule has 0 saturated carbocycles. The summed E-state index contributed by atoms with van der Waals surface area (Å²) in [7, 11) is -0.557. The maximum atomic E-state index is 4.47. The summed E-state index contributed by atoms with van der Waals surface area (Å²) >= 11 is 0. The molecule has 0 aliphatic heterocycles. The van der Waals surface area contributed by atoms with Gasteiger partial charge in [0.2, 0.25) is 0 Å². The quantitative estimate of drug-likeness (QED) is 0.484. The second-order valence-electron chi connectivity index (χ2n) is 6.17. The first-order valence-electron chi connectivity index (χ1n) is 8.79. The smallest absolute Gasteiger partial charge is 0.0447 e. The third kappa shape index (κ3) is 3.90. The highest BCUT2D eigenvalue weighted by molar-refractivity contribution is 7.79. The lowest BCUT2D eigenvalue weighted by atomic mass is 10.1. The lowest BCUT2D eigenvalue weighted by Crippen LogP contribution is -2.20. The number of nitrogens with zero attached hydrogens (tertiary/aromatic N) is 1. The first kappa shape index (κ1) is 16.7. The summed E-state index contributed by atoms with van der Waals surface area (Å²) in [5.74, 6) is 0. The van der Waals surface area contributed by atoms with E-state index in [0.717, 1.165) is 12.1 Å². The van der Waals surface area contributed by atoms with E-state index in [-0.39, 0.29) is 0 Å². The van der Waals surface area contributed by atoms with E-state index in [4.69, 9.17) is 0 Å². The van der Waals surface area contributed by atoms with Crippen molar-refractivity contribution in [3.05, 3.63) is 121 Å². The van der Waals surface area contributed by atoms with Crippen LogP contribution in [0.25, 0.3) is 0 Å². The maximum Gasteiger partial charge on any atom is 0.0447 e. The van der Waals surface area contributed by atoms with E-state index in [0.29, 0.717) is 0 Å². The average Bonchev–Trinajstić information content (AvgIpc) is 2.71. The lowest BCUT2D eigenvalue weighted by molar-refractivity contribution is 1.08. The van der Waals surface area contributed by atoms with Gasteiger partial charge in [-0.15, -0.1) is 0 Å². The molecule has 1 nitrogen and oxygen atoms in total. The Hall–Kier alpha value is -2.76. The van der Waals surface area contributed by atoms with Gasteiger partial charge in [0.15, 0.2) is 0 Å². The molecule has 0 N–H and O–H groups in total. The fourth-order valence-corrected chi connectivity index (χ4v) is 5.48. The van der Waals surface area contributed by atoms with Crippen molar-refractivity contribution in [1.82, 2.24) is 4.98 Å². The van der Waals surface area contributed by atoms with Crippen LogP contribution < -0.4 is 15.9 Å². The molecule has 0 saturated heterocycles. The van der Waals surface area contributed by atoms with E-state index < -0.39 is 7.92 Å². The van der Waals surface area contributed by atoms with Crippen LogP contribution in [0, 0.1) is 0 Å².